The molecule has 0 atom stereocenters. The zero-order valence-electron chi connectivity index (χ0n) is 11.6. The Labute approximate surface area is 116 Å². The van der Waals surface area contributed by atoms with Gasteiger partial charge in [0.1, 0.15) is 11.3 Å². The van der Waals surface area contributed by atoms with Crippen LogP contribution in [0.4, 0.5) is 0 Å². The summed E-state index contributed by atoms with van der Waals surface area (Å²) in [4.78, 5) is 23.8. The number of amides is 1. The van der Waals surface area contributed by atoms with Crippen LogP contribution >= 0.6 is 0 Å². The number of unbranched alkanes of at least 4 members (excludes halogenated alkanes) is 1. The summed E-state index contributed by atoms with van der Waals surface area (Å²) in [7, 11) is 1.53. The maximum atomic E-state index is 12.0. The lowest BCUT2D eigenvalue weighted by Crippen LogP contribution is -2.25. The monoisotopic (exact) mass is 275 g/mol. The van der Waals surface area contributed by atoms with E-state index in [1.807, 2.05) is 6.92 Å². The molecule has 2 rings (SSSR count). The van der Waals surface area contributed by atoms with Crippen molar-refractivity contribution in [3.63, 3.8) is 0 Å². The average Bonchev–Trinajstić information content (AvgIpc) is 2.46. The summed E-state index contributed by atoms with van der Waals surface area (Å²) >= 11 is 0. The minimum atomic E-state index is -0.375. The number of hydrogen-bond acceptors (Lipinski definition) is 4. The molecule has 20 heavy (non-hydrogen) atoms. The molecule has 0 spiro atoms. The highest BCUT2D eigenvalue weighted by Crippen LogP contribution is 2.19. The van der Waals surface area contributed by atoms with E-state index in [2.05, 4.69) is 5.32 Å². The molecule has 0 bridgehead atoms. The number of benzene rings is 1. The van der Waals surface area contributed by atoms with E-state index in [0.29, 0.717) is 23.3 Å². The number of methoxy groups -OCH3 is 1. The van der Waals surface area contributed by atoms with Crippen LogP contribution in [0.25, 0.3) is 11.0 Å². The maximum Gasteiger partial charge on any atom is 0.287 e. The summed E-state index contributed by atoms with van der Waals surface area (Å²) < 4.78 is 10.6. The number of carbonyl (C=O) groups excluding carboxylic acids is 1. The summed E-state index contributed by atoms with van der Waals surface area (Å²) in [5.41, 5.74) is 0.104. The van der Waals surface area contributed by atoms with Crippen molar-refractivity contribution in [1.82, 2.24) is 5.32 Å². The van der Waals surface area contributed by atoms with Gasteiger partial charge in [-0.1, -0.05) is 13.3 Å². The molecule has 106 valence electrons. The van der Waals surface area contributed by atoms with Crippen molar-refractivity contribution in [2.75, 3.05) is 13.7 Å². The van der Waals surface area contributed by atoms with Crippen LogP contribution in [-0.4, -0.2) is 19.6 Å². The fourth-order valence-electron chi connectivity index (χ4n) is 1.84. The molecule has 1 amide bonds. The first-order valence-corrected chi connectivity index (χ1v) is 6.55. The Morgan fingerprint density at radius 3 is 2.85 bits per heavy atom. The van der Waals surface area contributed by atoms with Gasteiger partial charge in [-0.25, -0.2) is 0 Å². The molecule has 0 radical (unpaired) electrons. The molecule has 1 heterocycles. The van der Waals surface area contributed by atoms with Crippen LogP contribution in [-0.2, 0) is 0 Å². The number of hydrogen-bond donors (Lipinski definition) is 1. The predicted octanol–water partition coefficient (Wildman–Crippen LogP) is 2.33. The smallest absolute Gasteiger partial charge is 0.287 e. The lowest BCUT2D eigenvalue weighted by Gasteiger charge is -2.05. The van der Waals surface area contributed by atoms with Gasteiger partial charge in [-0.15, -0.1) is 0 Å². The van der Waals surface area contributed by atoms with Crippen molar-refractivity contribution in [1.29, 1.82) is 0 Å². The Kier molecular flexibility index (Phi) is 4.40. The molecular formula is C15H17NO4. The zero-order valence-corrected chi connectivity index (χ0v) is 11.6. The van der Waals surface area contributed by atoms with Crippen LogP contribution in [0.1, 0.15) is 30.3 Å². The fourth-order valence-corrected chi connectivity index (χ4v) is 1.84. The lowest BCUT2D eigenvalue weighted by molar-refractivity contribution is 0.0926. The molecule has 0 saturated carbocycles. The van der Waals surface area contributed by atoms with Crippen LogP contribution < -0.4 is 15.5 Å². The van der Waals surface area contributed by atoms with Crippen molar-refractivity contribution in [2.24, 2.45) is 0 Å². The summed E-state index contributed by atoms with van der Waals surface area (Å²) in [5, 5.41) is 3.14. The zero-order chi connectivity index (χ0) is 14.5. The van der Waals surface area contributed by atoms with Crippen LogP contribution in [0.3, 0.4) is 0 Å². The normalized spacial score (nSPS) is 10.5. The molecule has 1 aromatic heterocycles. The van der Waals surface area contributed by atoms with Crippen molar-refractivity contribution >= 4 is 16.9 Å². The van der Waals surface area contributed by atoms with E-state index >= 15 is 0 Å². The van der Waals surface area contributed by atoms with E-state index in [9.17, 15) is 9.59 Å². The molecule has 0 unspecified atom stereocenters. The third-order valence-electron chi connectivity index (χ3n) is 2.98. The van der Waals surface area contributed by atoms with Gasteiger partial charge in [-0.2, -0.15) is 0 Å². The minimum absolute atomic E-state index is 0.0202. The quantitative estimate of drug-likeness (QED) is 0.850. The van der Waals surface area contributed by atoms with Gasteiger partial charge in [-0.05, 0) is 18.6 Å². The predicted molar refractivity (Wildman–Crippen MR) is 76.3 cm³/mol. The second kappa shape index (κ2) is 6.23. The molecule has 0 aliphatic carbocycles. The first kappa shape index (κ1) is 14.1. The van der Waals surface area contributed by atoms with E-state index in [0.717, 1.165) is 12.8 Å². The summed E-state index contributed by atoms with van der Waals surface area (Å²) in [6.07, 6.45) is 1.87. The third-order valence-corrected chi connectivity index (χ3v) is 2.98. The summed E-state index contributed by atoms with van der Waals surface area (Å²) in [6, 6.07) is 6.12. The van der Waals surface area contributed by atoms with Gasteiger partial charge in [0.05, 0.1) is 12.5 Å². The molecular weight excluding hydrogens is 258 g/mol. The Hall–Kier alpha value is -2.30. The topological polar surface area (TPSA) is 68.5 Å². The summed E-state index contributed by atoms with van der Waals surface area (Å²) in [6.45, 7) is 2.60. The van der Waals surface area contributed by atoms with Gasteiger partial charge in [0.2, 0.25) is 0 Å². The van der Waals surface area contributed by atoms with Crippen molar-refractivity contribution < 1.29 is 13.9 Å². The highest BCUT2D eigenvalue weighted by atomic mass is 16.5. The number of fused-ring (bicyclic) bond motifs is 1. The fraction of sp³-hybridized carbons (Fsp3) is 0.333. The van der Waals surface area contributed by atoms with Crippen molar-refractivity contribution in [3.05, 3.63) is 40.2 Å². The molecule has 0 fully saturated rings. The number of rotatable bonds is 5. The van der Waals surface area contributed by atoms with Gasteiger partial charge in [0.15, 0.2) is 11.2 Å². The highest BCUT2D eigenvalue weighted by molar-refractivity contribution is 5.93. The first-order chi connectivity index (χ1) is 9.65. The van der Waals surface area contributed by atoms with E-state index in [1.54, 1.807) is 18.2 Å². The van der Waals surface area contributed by atoms with E-state index < -0.39 is 0 Å². The standard InChI is InChI=1S/C15H17NO4/c1-3-4-7-16-15(18)14-9-12(17)11-6-5-10(19-2)8-13(11)20-14/h5-6,8-9H,3-4,7H2,1-2H3,(H,16,18). The molecule has 1 N–H and O–H groups in total. The Bertz CT molecular complexity index is 675. The minimum Gasteiger partial charge on any atom is -0.497 e. The largest absolute Gasteiger partial charge is 0.497 e. The number of ether oxygens (including phenoxy) is 1. The van der Waals surface area contributed by atoms with Crippen LogP contribution in [0, 0.1) is 0 Å². The Morgan fingerprint density at radius 1 is 1.35 bits per heavy atom. The molecule has 5 nitrogen and oxygen atoms in total. The molecule has 0 aliphatic rings. The van der Waals surface area contributed by atoms with Gasteiger partial charge < -0.3 is 14.5 Å². The summed E-state index contributed by atoms with van der Waals surface area (Å²) in [5.74, 6) is 0.219. The highest BCUT2D eigenvalue weighted by Gasteiger charge is 2.12. The first-order valence-electron chi connectivity index (χ1n) is 6.55. The van der Waals surface area contributed by atoms with E-state index in [-0.39, 0.29) is 17.1 Å². The second-order valence-corrected chi connectivity index (χ2v) is 4.45. The number of nitrogens with one attached hydrogen (secondary N) is 1. The maximum absolute atomic E-state index is 12.0. The van der Waals surface area contributed by atoms with Gasteiger partial charge in [-0.3, -0.25) is 9.59 Å². The second-order valence-electron chi connectivity index (χ2n) is 4.45. The van der Waals surface area contributed by atoms with Gasteiger partial charge in [0, 0.05) is 18.7 Å². The van der Waals surface area contributed by atoms with Crippen molar-refractivity contribution in [3.8, 4) is 5.75 Å². The molecule has 0 saturated heterocycles. The number of carbonyl (C=O) groups is 1. The van der Waals surface area contributed by atoms with Gasteiger partial charge in [0.25, 0.3) is 5.91 Å². The molecule has 5 heteroatoms. The Balaban J connectivity index is 2.35. The molecule has 2 aromatic rings. The van der Waals surface area contributed by atoms with Gasteiger partial charge >= 0.3 is 0 Å². The van der Waals surface area contributed by atoms with Crippen LogP contribution in [0.5, 0.6) is 5.75 Å². The average molecular weight is 275 g/mol. The third kappa shape index (κ3) is 2.99. The van der Waals surface area contributed by atoms with Crippen LogP contribution in [0.15, 0.2) is 33.5 Å². The SMILES string of the molecule is CCCCNC(=O)c1cc(=O)c2ccc(OC)cc2o1. The van der Waals surface area contributed by atoms with E-state index in [1.165, 1.54) is 13.2 Å². The molecule has 0 aliphatic heterocycles. The Morgan fingerprint density at radius 2 is 2.15 bits per heavy atom. The molecule has 1 aromatic carbocycles. The van der Waals surface area contributed by atoms with Crippen LogP contribution in [0.2, 0.25) is 0 Å². The lowest BCUT2D eigenvalue weighted by atomic mass is 10.2. The van der Waals surface area contributed by atoms with Crippen molar-refractivity contribution in [2.45, 2.75) is 19.8 Å². The van der Waals surface area contributed by atoms with E-state index in [4.69, 9.17) is 9.15 Å².